The fourth-order valence-corrected chi connectivity index (χ4v) is 5.65. The van der Waals surface area contributed by atoms with E-state index in [0.717, 1.165) is 12.1 Å². The normalized spacial score (nSPS) is 26.1. The van der Waals surface area contributed by atoms with Crippen LogP contribution in [-0.2, 0) is 19.7 Å². The molecule has 0 radical (unpaired) electrons. The van der Waals surface area contributed by atoms with Gasteiger partial charge in [0.1, 0.15) is 0 Å². The number of piperidine rings is 1. The second kappa shape index (κ2) is 6.17. The highest BCUT2D eigenvalue weighted by atomic mass is 32.2. The highest BCUT2D eigenvalue weighted by molar-refractivity contribution is 7.94. The van der Waals surface area contributed by atoms with Crippen molar-refractivity contribution in [3.05, 3.63) is 24.3 Å². The molecule has 1 aromatic rings. The van der Waals surface area contributed by atoms with Crippen LogP contribution in [0.3, 0.4) is 0 Å². The molecule has 0 aliphatic carbocycles. The Morgan fingerprint density at radius 3 is 2.44 bits per heavy atom. The highest BCUT2D eigenvalue weighted by Gasteiger charge is 2.43. The van der Waals surface area contributed by atoms with Gasteiger partial charge in [-0.1, -0.05) is 12.1 Å². The number of carbonyl (C=O) groups excluding carboxylic acids is 1. The molecular formula is C17H23N3O4S. The number of amides is 1. The molecule has 0 saturated carbocycles. The minimum absolute atomic E-state index is 0.0288. The Morgan fingerprint density at radius 1 is 1.12 bits per heavy atom. The molecule has 4 rings (SSSR count). The third kappa shape index (κ3) is 2.67. The molecule has 8 heteroatoms. The van der Waals surface area contributed by atoms with Crippen molar-refractivity contribution < 1.29 is 17.9 Å². The van der Waals surface area contributed by atoms with Gasteiger partial charge in [0.2, 0.25) is 5.91 Å². The smallest absolute Gasteiger partial charge is 0.326 e. The van der Waals surface area contributed by atoms with Gasteiger partial charge in [0.05, 0.1) is 29.9 Å². The number of hydrogen-bond acceptors (Lipinski definition) is 4. The third-order valence-corrected chi connectivity index (χ3v) is 7.32. The van der Waals surface area contributed by atoms with Gasteiger partial charge in [-0.3, -0.25) is 9.10 Å². The molecule has 3 heterocycles. The highest BCUT2D eigenvalue weighted by Crippen LogP contribution is 2.42. The molecule has 0 spiro atoms. The van der Waals surface area contributed by atoms with Crippen molar-refractivity contribution in [3.63, 3.8) is 0 Å². The van der Waals surface area contributed by atoms with Gasteiger partial charge >= 0.3 is 10.2 Å². The molecule has 0 unspecified atom stereocenters. The zero-order valence-electron chi connectivity index (χ0n) is 14.3. The van der Waals surface area contributed by atoms with Crippen molar-refractivity contribution in [3.8, 4) is 0 Å². The number of nitrogens with zero attached hydrogens (tertiary/aromatic N) is 3. The first kappa shape index (κ1) is 16.7. The van der Waals surface area contributed by atoms with E-state index in [-0.39, 0.29) is 17.9 Å². The number of anilines is 2. The quantitative estimate of drug-likeness (QED) is 0.790. The fraction of sp³-hybridized carbons (Fsp3) is 0.588. The van der Waals surface area contributed by atoms with Crippen molar-refractivity contribution in [1.29, 1.82) is 0 Å². The van der Waals surface area contributed by atoms with Crippen LogP contribution in [0.5, 0.6) is 0 Å². The zero-order chi connectivity index (χ0) is 17.6. The van der Waals surface area contributed by atoms with Crippen LogP contribution in [0.2, 0.25) is 0 Å². The summed E-state index contributed by atoms with van der Waals surface area (Å²) < 4.78 is 33.9. The largest absolute Gasteiger partial charge is 0.381 e. The number of para-hydroxylation sites is 2. The van der Waals surface area contributed by atoms with Crippen molar-refractivity contribution in [2.45, 2.75) is 25.3 Å². The predicted octanol–water partition coefficient (Wildman–Crippen LogP) is 1.22. The first-order chi connectivity index (χ1) is 12.0. The van der Waals surface area contributed by atoms with Crippen LogP contribution in [-0.4, -0.2) is 58.6 Å². The molecule has 2 saturated heterocycles. The number of fused-ring (bicyclic) bond motifs is 1. The lowest BCUT2D eigenvalue weighted by Crippen LogP contribution is -2.50. The molecule has 2 fully saturated rings. The van der Waals surface area contributed by atoms with E-state index in [9.17, 15) is 13.2 Å². The second-order valence-corrected chi connectivity index (χ2v) is 8.71. The van der Waals surface area contributed by atoms with Crippen LogP contribution in [0.4, 0.5) is 11.4 Å². The summed E-state index contributed by atoms with van der Waals surface area (Å²) in [4.78, 5) is 14.4. The molecule has 3 aliphatic rings. The summed E-state index contributed by atoms with van der Waals surface area (Å²) in [7, 11) is -1.94. The van der Waals surface area contributed by atoms with Crippen LogP contribution in [0, 0.1) is 5.92 Å². The van der Waals surface area contributed by atoms with Gasteiger partial charge in [-0.05, 0) is 31.4 Å². The van der Waals surface area contributed by atoms with E-state index in [1.54, 1.807) is 11.4 Å². The fourth-order valence-electron chi connectivity index (χ4n) is 3.99. The topological polar surface area (TPSA) is 70.2 Å². The number of ether oxygens (including phenoxy) is 1. The van der Waals surface area contributed by atoms with Crippen molar-refractivity contribution in [2.24, 2.45) is 5.92 Å². The Morgan fingerprint density at radius 2 is 1.80 bits per heavy atom. The van der Waals surface area contributed by atoms with Crippen molar-refractivity contribution in [2.75, 3.05) is 42.0 Å². The Balaban J connectivity index is 1.50. The molecular weight excluding hydrogens is 342 g/mol. The van der Waals surface area contributed by atoms with Crippen LogP contribution >= 0.6 is 0 Å². The molecule has 25 heavy (non-hydrogen) atoms. The van der Waals surface area contributed by atoms with E-state index >= 15 is 0 Å². The molecule has 136 valence electrons. The lowest BCUT2D eigenvalue weighted by atomic mass is 10.0. The zero-order valence-corrected chi connectivity index (χ0v) is 15.1. The predicted molar refractivity (Wildman–Crippen MR) is 94.8 cm³/mol. The standard InChI is InChI=1S/C17H23N3O4S/c1-18-15-4-2-3-5-16(15)20(25(18,22)23)14-6-9-19(10-7-14)17(21)13-8-11-24-12-13/h2-5,13-14H,6-12H2,1H3/t13-/m1/s1. The number of benzene rings is 1. The van der Waals surface area contributed by atoms with E-state index in [1.165, 1.54) is 4.31 Å². The van der Waals surface area contributed by atoms with E-state index in [4.69, 9.17) is 4.74 Å². The monoisotopic (exact) mass is 365 g/mol. The summed E-state index contributed by atoms with van der Waals surface area (Å²) in [6.07, 6.45) is 2.10. The van der Waals surface area contributed by atoms with Gasteiger partial charge in [-0.15, -0.1) is 0 Å². The maximum Gasteiger partial charge on any atom is 0.326 e. The summed E-state index contributed by atoms with van der Waals surface area (Å²) in [5, 5.41) is 0. The first-order valence-corrected chi connectivity index (χ1v) is 10.1. The van der Waals surface area contributed by atoms with Gasteiger partial charge in [-0.2, -0.15) is 8.42 Å². The second-order valence-electron chi connectivity index (χ2n) is 6.88. The Hall–Kier alpha value is -1.80. The van der Waals surface area contributed by atoms with Gasteiger partial charge < -0.3 is 9.64 Å². The first-order valence-electron chi connectivity index (χ1n) is 8.74. The summed E-state index contributed by atoms with van der Waals surface area (Å²) in [5.41, 5.74) is 1.45. The molecule has 1 aromatic carbocycles. The van der Waals surface area contributed by atoms with E-state index in [2.05, 4.69) is 0 Å². The summed E-state index contributed by atoms with van der Waals surface area (Å²) in [5.74, 6) is 0.122. The molecule has 0 aromatic heterocycles. The van der Waals surface area contributed by atoms with Crippen LogP contribution in [0.25, 0.3) is 0 Å². The summed E-state index contributed by atoms with van der Waals surface area (Å²) >= 11 is 0. The number of hydrogen-bond donors (Lipinski definition) is 0. The average molecular weight is 365 g/mol. The minimum Gasteiger partial charge on any atom is -0.381 e. The molecule has 1 amide bonds. The molecule has 7 nitrogen and oxygen atoms in total. The van der Waals surface area contributed by atoms with Crippen LogP contribution in [0.1, 0.15) is 19.3 Å². The van der Waals surface area contributed by atoms with E-state index in [0.29, 0.717) is 44.8 Å². The van der Waals surface area contributed by atoms with Crippen molar-refractivity contribution >= 4 is 27.5 Å². The van der Waals surface area contributed by atoms with Gasteiger partial charge in [0, 0.05) is 26.7 Å². The molecule has 0 bridgehead atoms. The Bertz CT molecular complexity index is 768. The molecule has 1 atom stereocenters. The number of rotatable bonds is 2. The lowest BCUT2D eigenvalue weighted by Gasteiger charge is -2.37. The van der Waals surface area contributed by atoms with E-state index in [1.807, 2.05) is 29.2 Å². The van der Waals surface area contributed by atoms with Gasteiger partial charge in [-0.25, -0.2) is 4.31 Å². The lowest BCUT2D eigenvalue weighted by molar-refractivity contribution is -0.136. The minimum atomic E-state index is -3.53. The van der Waals surface area contributed by atoms with Gasteiger partial charge in [0.15, 0.2) is 0 Å². The Labute approximate surface area is 148 Å². The molecule has 0 N–H and O–H groups in total. The van der Waals surface area contributed by atoms with Crippen LogP contribution in [0.15, 0.2) is 24.3 Å². The van der Waals surface area contributed by atoms with Gasteiger partial charge in [0.25, 0.3) is 0 Å². The SMILES string of the molecule is CN1c2ccccc2N(C2CCN(C(=O)[C@@H]3CCOC3)CC2)S1(=O)=O. The summed E-state index contributed by atoms with van der Waals surface area (Å²) in [6, 6.07) is 7.27. The number of carbonyl (C=O) groups is 1. The Kier molecular flexibility index (Phi) is 4.11. The third-order valence-electron chi connectivity index (χ3n) is 5.44. The average Bonchev–Trinajstić information content (AvgIpc) is 3.22. The van der Waals surface area contributed by atoms with Crippen molar-refractivity contribution in [1.82, 2.24) is 4.90 Å². The van der Waals surface area contributed by atoms with E-state index < -0.39 is 10.2 Å². The summed E-state index contributed by atoms with van der Waals surface area (Å²) in [6.45, 7) is 2.36. The maximum absolute atomic E-state index is 12.8. The maximum atomic E-state index is 12.8. The van der Waals surface area contributed by atoms with Crippen LogP contribution < -0.4 is 8.61 Å². The number of likely N-dealkylation sites (tertiary alicyclic amines) is 1. The molecule has 3 aliphatic heterocycles.